The number of carbonyl (C=O) groups is 1. The molecule has 4 nitrogen and oxygen atoms in total. The topological polar surface area (TPSA) is 42.4 Å². The molecule has 1 heterocycles. The molecule has 2 aliphatic carbocycles. The zero-order chi connectivity index (χ0) is 15.7. The lowest BCUT2D eigenvalue weighted by Gasteiger charge is -2.34. The first kappa shape index (κ1) is 15.5. The molecule has 1 aromatic rings. The molecule has 0 bridgehead atoms. The van der Waals surface area contributed by atoms with Crippen molar-refractivity contribution in [3.63, 3.8) is 0 Å². The molecule has 0 amide bonds. The van der Waals surface area contributed by atoms with Crippen LogP contribution < -0.4 is 5.06 Å². The van der Waals surface area contributed by atoms with Gasteiger partial charge in [-0.05, 0) is 36.8 Å². The normalized spacial score (nSPS) is 21.5. The number of hydrogen-bond acceptors (Lipinski definition) is 4. The predicted octanol–water partition coefficient (Wildman–Crippen LogP) is 3.94. The Morgan fingerprint density at radius 3 is 2.59 bits per heavy atom. The van der Waals surface area contributed by atoms with Gasteiger partial charge in [-0.25, -0.2) is 10.0 Å². The first-order chi connectivity index (χ1) is 10.5. The third kappa shape index (κ3) is 3.02. The van der Waals surface area contributed by atoms with E-state index >= 15 is 0 Å². The highest BCUT2D eigenvalue weighted by Crippen LogP contribution is 2.35. The number of fused-ring (bicyclic) bond motifs is 1. The summed E-state index contributed by atoms with van der Waals surface area (Å²) in [5, 5.41) is 1.95. The van der Waals surface area contributed by atoms with E-state index in [4.69, 9.17) is 9.82 Å². The number of aromatic nitrogens is 1. The Balaban J connectivity index is 1.90. The molecule has 0 aliphatic heterocycles. The van der Waals surface area contributed by atoms with Crippen molar-refractivity contribution >= 4 is 11.6 Å². The maximum absolute atomic E-state index is 12.3. The third-order valence-electron chi connectivity index (χ3n) is 4.87. The van der Waals surface area contributed by atoms with Crippen LogP contribution in [0.3, 0.4) is 0 Å². The minimum absolute atomic E-state index is 0.00154. The summed E-state index contributed by atoms with van der Waals surface area (Å²) in [6.45, 7) is 4.27. The highest BCUT2D eigenvalue weighted by Gasteiger charge is 2.33. The van der Waals surface area contributed by atoms with Crippen LogP contribution in [-0.2, 0) is 11.3 Å². The lowest BCUT2D eigenvalue weighted by atomic mass is 9.76. The molecular weight excluding hydrogens is 276 g/mol. The van der Waals surface area contributed by atoms with Crippen LogP contribution in [0.25, 0.3) is 0 Å². The number of hydroxylamine groups is 1. The largest absolute Gasteiger partial charge is 0.294 e. The summed E-state index contributed by atoms with van der Waals surface area (Å²) >= 11 is 0. The maximum Gasteiger partial charge on any atom is 0.165 e. The van der Waals surface area contributed by atoms with Gasteiger partial charge < -0.3 is 0 Å². The summed E-state index contributed by atoms with van der Waals surface area (Å²) < 4.78 is 0. The predicted molar refractivity (Wildman–Crippen MR) is 87.0 cm³/mol. The van der Waals surface area contributed by atoms with Crippen LogP contribution in [0.2, 0.25) is 0 Å². The summed E-state index contributed by atoms with van der Waals surface area (Å²) in [7, 11) is 1.71. The lowest BCUT2D eigenvalue weighted by Crippen LogP contribution is -2.37. The van der Waals surface area contributed by atoms with Crippen molar-refractivity contribution in [1.82, 2.24) is 4.98 Å². The quantitative estimate of drug-likeness (QED) is 0.793. The van der Waals surface area contributed by atoms with Crippen LogP contribution in [0.15, 0.2) is 12.1 Å². The first-order valence-corrected chi connectivity index (χ1v) is 8.37. The van der Waals surface area contributed by atoms with Crippen LogP contribution in [0, 0.1) is 5.41 Å². The first-order valence-electron chi connectivity index (χ1n) is 8.37. The van der Waals surface area contributed by atoms with Gasteiger partial charge in [0.1, 0.15) is 0 Å². The molecule has 2 aliphatic rings. The molecule has 1 saturated carbocycles. The Morgan fingerprint density at radius 2 is 1.91 bits per heavy atom. The van der Waals surface area contributed by atoms with E-state index in [-0.39, 0.29) is 11.2 Å². The number of hydrogen-bond donors (Lipinski definition) is 0. The smallest absolute Gasteiger partial charge is 0.165 e. The van der Waals surface area contributed by atoms with Gasteiger partial charge >= 0.3 is 0 Å². The van der Waals surface area contributed by atoms with Crippen molar-refractivity contribution in [3.8, 4) is 0 Å². The zero-order valence-corrected chi connectivity index (χ0v) is 13.9. The SMILES string of the molecule is CON(c1ccc2c(n1)CC(C)(C)CC2=O)C1CCCCC1. The number of pyridine rings is 1. The lowest BCUT2D eigenvalue weighted by molar-refractivity contribution is 0.0909. The fourth-order valence-electron chi connectivity index (χ4n) is 3.79. The van der Waals surface area contributed by atoms with E-state index in [0.717, 1.165) is 36.3 Å². The van der Waals surface area contributed by atoms with Crippen molar-refractivity contribution in [2.75, 3.05) is 12.2 Å². The second-order valence-electron chi connectivity index (χ2n) is 7.40. The Morgan fingerprint density at radius 1 is 1.18 bits per heavy atom. The van der Waals surface area contributed by atoms with E-state index in [9.17, 15) is 4.79 Å². The van der Waals surface area contributed by atoms with Crippen LogP contribution >= 0.6 is 0 Å². The molecular formula is C18H26N2O2. The number of carbonyl (C=O) groups excluding carboxylic acids is 1. The molecule has 1 aromatic heterocycles. The van der Waals surface area contributed by atoms with Crippen molar-refractivity contribution in [2.24, 2.45) is 5.41 Å². The fourth-order valence-corrected chi connectivity index (χ4v) is 3.79. The molecule has 0 atom stereocenters. The van der Waals surface area contributed by atoms with Gasteiger partial charge in [0.2, 0.25) is 0 Å². The van der Waals surface area contributed by atoms with Crippen LogP contribution in [0.4, 0.5) is 5.82 Å². The van der Waals surface area contributed by atoms with Gasteiger partial charge in [-0.1, -0.05) is 33.1 Å². The highest BCUT2D eigenvalue weighted by molar-refractivity contribution is 5.98. The second-order valence-corrected chi connectivity index (χ2v) is 7.40. The Bertz CT molecular complexity index is 562. The molecule has 0 N–H and O–H groups in total. The van der Waals surface area contributed by atoms with Crippen molar-refractivity contribution in [2.45, 2.75) is 64.8 Å². The van der Waals surface area contributed by atoms with Gasteiger partial charge in [0.25, 0.3) is 0 Å². The number of anilines is 1. The minimum atomic E-state index is -0.00154. The van der Waals surface area contributed by atoms with E-state index in [1.165, 1.54) is 19.3 Å². The summed E-state index contributed by atoms with van der Waals surface area (Å²) in [4.78, 5) is 22.7. The van der Waals surface area contributed by atoms with E-state index in [1.54, 1.807) is 7.11 Å². The Hall–Kier alpha value is -1.42. The van der Waals surface area contributed by atoms with Crippen LogP contribution in [0.1, 0.15) is 68.4 Å². The Kier molecular flexibility index (Phi) is 4.22. The van der Waals surface area contributed by atoms with Gasteiger partial charge in [-0.15, -0.1) is 0 Å². The van der Waals surface area contributed by atoms with E-state index in [1.807, 2.05) is 17.2 Å². The fraction of sp³-hybridized carbons (Fsp3) is 0.667. The zero-order valence-electron chi connectivity index (χ0n) is 13.9. The van der Waals surface area contributed by atoms with Crippen molar-refractivity contribution in [1.29, 1.82) is 0 Å². The molecule has 22 heavy (non-hydrogen) atoms. The Labute approximate surface area is 132 Å². The molecule has 0 unspecified atom stereocenters. The summed E-state index contributed by atoms with van der Waals surface area (Å²) in [6, 6.07) is 4.27. The molecule has 0 saturated heterocycles. The molecule has 0 radical (unpaired) electrons. The minimum Gasteiger partial charge on any atom is -0.294 e. The summed E-state index contributed by atoms with van der Waals surface area (Å²) in [5.74, 6) is 1.06. The molecule has 3 rings (SSSR count). The van der Waals surface area contributed by atoms with E-state index in [2.05, 4.69) is 13.8 Å². The second kappa shape index (κ2) is 5.99. The number of rotatable bonds is 3. The summed E-state index contributed by atoms with van der Waals surface area (Å²) in [5.41, 5.74) is 1.72. The third-order valence-corrected chi connectivity index (χ3v) is 4.87. The average Bonchev–Trinajstić information content (AvgIpc) is 2.47. The van der Waals surface area contributed by atoms with Crippen LogP contribution in [-0.4, -0.2) is 23.9 Å². The van der Waals surface area contributed by atoms with Gasteiger partial charge in [-0.3, -0.25) is 9.63 Å². The molecule has 1 fully saturated rings. The van der Waals surface area contributed by atoms with Crippen molar-refractivity contribution in [3.05, 3.63) is 23.4 Å². The monoisotopic (exact) mass is 302 g/mol. The van der Waals surface area contributed by atoms with Gasteiger partial charge in [0.15, 0.2) is 11.6 Å². The number of nitrogens with zero attached hydrogens (tertiary/aromatic N) is 2. The number of Topliss-reactive ketones (excluding diaryl/α,β-unsaturated/α-hetero) is 1. The number of ketones is 1. The van der Waals surface area contributed by atoms with Crippen LogP contribution in [0.5, 0.6) is 0 Å². The molecule has 4 heteroatoms. The average molecular weight is 302 g/mol. The van der Waals surface area contributed by atoms with Gasteiger partial charge in [0.05, 0.1) is 18.8 Å². The standard InChI is InChI=1S/C18H26N2O2/c1-18(2)11-15-14(16(21)12-18)9-10-17(19-15)20(22-3)13-7-5-4-6-8-13/h9-10,13H,4-8,11-12H2,1-3H3. The van der Waals surface area contributed by atoms with E-state index in [0.29, 0.717) is 12.5 Å². The molecule has 120 valence electrons. The van der Waals surface area contributed by atoms with E-state index < -0.39 is 0 Å². The molecule has 0 spiro atoms. The summed E-state index contributed by atoms with van der Waals surface area (Å²) in [6.07, 6.45) is 7.58. The van der Waals surface area contributed by atoms with Gasteiger partial charge in [-0.2, -0.15) is 0 Å². The highest BCUT2D eigenvalue weighted by atomic mass is 16.7. The van der Waals surface area contributed by atoms with Gasteiger partial charge in [0, 0.05) is 12.0 Å². The van der Waals surface area contributed by atoms with Crippen molar-refractivity contribution < 1.29 is 9.63 Å². The maximum atomic E-state index is 12.3. The molecule has 0 aromatic carbocycles.